The van der Waals surface area contributed by atoms with Gasteiger partial charge in [-0.05, 0) is 63.0 Å². The fourth-order valence-electron chi connectivity index (χ4n) is 2.89. The van der Waals surface area contributed by atoms with E-state index in [0.29, 0.717) is 19.3 Å². The zero-order valence-electron chi connectivity index (χ0n) is 12.2. The molecule has 2 aliphatic rings. The molecule has 20 heavy (non-hydrogen) atoms. The second kappa shape index (κ2) is 6.46. The highest BCUT2D eigenvalue weighted by Crippen LogP contribution is 2.32. The predicted molar refractivity (Wildman–Crippen MR) is 79.4 cm³/mol. The fraction of sp³-hybridized carbons (Fsp3) is 0.625. The molecule has 0 bridgehead atoms. The van der Waals surface area contributed by atoms with Gasteiger partial charge in [-0.25, -0.2) is 0 Å². The van der Waals surface area contributed by atoms with E-state index in [4.69, 9.17) is 9.47 Å². The Morgan fingerprint density at radius 1 is 1.30 bits per heavy atom. The SMILES string of the molecule is CC(NCC1CCCNC1)c1ccc2c(c1)OCCO2. The average molecular weight is 276 g/mol. The molecule has 110 valence electrons. The molecule has 4 heteroatoms. The van der Waals surface area contributed by atoms with Crippen LogP contribution in [0.5, 0.6) is 11.5 Å². The van der Waals surface area contributed by atoms with E-state index in [1.165, 1.54) is 24.9 Å². The van der Waals surface area contributed by atoms with Crippen LogP contribution in [0.1, 0.15) is 31.4 Å². The Morgan fingerprint density at radius 2 is 2.15 bits per heavy atom. The number of piperidine rings is 1. The van der Waals surface area contributed by atoms with Crippen molar-refractivity contribution in [2.45, 2.75) is 25.8 Å². The van der Waals surface area contributed by atoms with Gasteiger partial charge < -0.3 is 20.1 Å². The largest absolute Gasteiger partial charge is 0.486 e. The summed E-state index contributed by atoms with van der Waals surface area (Å²) in [6.45, 7) is 6.89. The molecule has 2 atom stereocenters. The Hall–Kier alpha value is -1.26. The molecule has 2 unspecified atom stereocenters. The zero-order valence-corrected chi connectivity index (χ0v) is 12.2. The monoisotopic (exact) mass is 276 g/mol. The third kappa shape index (κ3) is 3.25. The summed E-state index contributed by atoms with van der Waals surface area (Å²) in [5, 5.41) is 7.10. The van der Waals surface area contributed by atoms with Gasteiger partial charge in [-0.15, -0.1) is 0 Å². The van der Waals surface area contributed by atoms with E-state index in [0.717, 1.165) is 30.5 Å². The van der Waals surface area contributed by atoms with E-state index in [2.05, 4.69) is 29.7 Å². The highest BCUT2D eigenvalue weighted by molar-refractivity contribution is 5.44. The van der Waals surface area contributed by atoms with Crippen molar-refractivity contribution in [3.63, 3.8) is 0 Å². The van der Waals surface area contributed by atoms with Gasteiger partial charge >= 0.3 is 0 Å². The lowest BCUT2D eigenvalue weighted by Gasteiger charge is -2.25. The van der Waals surface area contributed by atoms with Gasteiger partial charge in [-0.3, -0.25) is 0 Å². The molecule has 0 radical (unpaired) electrons. The minimum absolute atomic E-state index is 0.341. The van der Waals surface area contributed by atoms with Gasteiger partial charge in [0.2, 0.25) is 0 Å². The number of rotatable bonds is 4. The molecular weight excluding hydrogens is 252 g/mol. The fourth-order valence-corrected chi connectivity index (χ4v) is 2.89. The van der Waals surface area contributed by atoms with Crippen molar-refractivity contribution in [3.8, 4) is 11.5 Å². The van der Waals surface area contributed by atoms with Gasteiger partial charge in [0.25, 0.3) is 0 Å². The molecule has 0 aromatic heterocycles. The Morgan fingerprint density at radius 3 is 2.95 bits per heavy atom. The van der Waals surface area contributed by atoms with E-state index in [-0.39, 0.29) is 0 Å². The highest BCUT2D eigenvalue weighted by Gasteiger charge is 2.16. The molecule has 1 saturated heterocycles. The average Bonchev–Trinajstić information content (AvgIpc) is 2.53. The first kappa shape index (κ1) is 13.7. The van der Waals surface area contributed by atoms with Crippen molar-refractivity contribution < 1.29 is 9.47 Å². The quantitative estimate of drug-likeness (QED) is 0.884. The Kier molecular flexibility index (Phi) is 4.43. The summed E-state index contributed by atoms with van der Waals surface area (Å²) in [4.78, 5) is 0. The summed E-state index contributed by atoms with van der Waals surface area (Å²) in [6, 6.07) is 6.59. The van der Waals surface area contributed by atoms with Crippen LogP contribution in [0.4, 0.5) is 0 Å². The molecule has 3 rings (SSSR count). The summed E-state index contributed by atoms with van der Waals surface area (Å²) >= 11 is 0. The van der Waals surface area contributed by atoms with E-state index in [9.17, 15) is 0 Å². The van der Waals surface area contributed by atoms with Crippen LogP contribution in [0.25, 0.3) is 0 Å². The molecule has 4 nitrogen and oxygen atoms in total. The van der Waals surface area contributed by atoms with Crippen molar-refractivity contribution in [2.75, 3.05) is 32.8 Å². The topological polar surface area (TPSA) is 42.5 Å². The summed E-state index contributed by atoms with van der Waals surface area (Å²) in [5.41, 5.74) is 1.26. The number of ether oxygens (including phenoxy) is 2. The van der Waals surface area contributed by atoms with Gasteiger partial charge in [0.05, 0.1) is 0 Å². The molecule has 1 aromatic carbocycles. The molecule has 0 aliphatic carbocycles. The number of nitrogens with one attached hydrogen (secondary N) is 2. The van der Waals surface area contributed by atoms with Crippen molar-refractivity contribution >= 4 is 0 Å². The van der Waals surface area contributed by atoms with Crippen molar-refractivity contribution in [1.29, 1.82) is 0 Å². The van der Waals surface area contributed by atoms with Crippen molar-refractivity contribution in [1.82, 2.24) is 10.6 Å². The molecule has 0 spiro atoms. The third-order valence-corrected chi connectivity index (χ3v) is 4.18. The summed E-state index contributed by atoms with van der Waals surface area (Å²) < 4.78 is 11.2. The normalized spacial score (nSPS) is 23.4. The molecule has 1 aromatic rings. The lowest BCUT2D eigenvalue weighted by atomic mass is 9.99. The molecular formula is C16H24N2O2. The minimum atomic E-state index is 0.341. The van der Waals surface area contributed by atoms with Crippen molar-refractivity contribution in [2.24, 2.45) is 5.92 Å². The van der Waals surface area contributed by atoms with E-state index >= 15 is 0 Å². The second-order valence-electron chi connectivity index (χ2n) is 5.75. The zero-order chi connectivity index (χ0) is 13.8. The number of fused-ring (bicyclic) bond motifs is 1. The molecule has 2 N–H and O–H groups in total. The smallest absolute Gasteiger partial charge is 0.161 e. The van der Waals surface area contributed by atoms with Crippen LogP contribution in [0, 0.1) is 5.92 Å². The second-order valence-corrected chi connectivity index (χ2v) is 5.75. The van der Waals surface area contributed by atoms with E-state index in [1.807, 2.05) is 6.07 Å². The van der Waals surface area contributed by atoms with Crippen LogP contribution in [0.3, 0.4) is 0 Å². The summed E-state index contributed by atoms with van der Waals surface area (Å²) in [7, 11) is 0. The molecule has 0 amide bonds. The van der Waals surface area contributed by atoms with Gasteiger partial charge in [0, 0.05) is 6.04 Å². The van der Waals surface area contributed by atoms with Gasteiger partial charge in [-0.1, -0.05) is 6.07 Å². The molecule has 1 fully saturated rings. The maximum atomic E-state index is 5.65. The number of benzene rings is 1. The lowest BCUT2D eigenvalue weighted by molar-refractivity contribution is 0.171. The van der Waals surface area contributed by atoms with Gasteiger partial charge in [-0.2, -0.15) is 0 Å². The summed E-state index contributed by atoms with van der Waals surface area (Å²) in [5.74, 6) is 2.49. The van der Waals surface area contributed by atoms with Gasteiger partial charge in [0.1, 0.15) is 13.2 Å². The third-order valence-electron chi connectivity index (χ3n) is 4.18. The van der Waals surface area contributed by atoms with E-state index < -0.39 is 0 Å². The Balaban J connectivity index is 1.57. The molecule has 2 aliphatic heterocycles. The lowest BCUT2D eigenvalue weighted by Crippen LogP contribution is -2.36. The first-order valence-electron chi connectivity index (χ1n) is 7.66. The van der Waals surface area contributed by atoms with Crippen LogP contribution in [0.15, 0.2) is 18.2 Å². The van der Waals surface area contributed by atoms with Gasteiger partial charge in [0.15, 0.2) is 11.5 Å². The van der Waals surface area contributed by atoms with Crippen molar-refractivity contribution in [3.05, 3.63) is 23.8 Å². The standard InChI is InChI=1S/C16H24N2O2/c1-12(18-11-13-3-2-6-17-10-13)14-4-5-15-16(9-14)20-8-7-19-15/h4-5,9,12-13,17-18H,2-3,6-8,10-11H2,1H3. The minimum Gasteiger partial charge on any atom is -0.486 e. The summed E-state index contributed by atoms with van der Waals surface area (Å²) in [6.07, 6.45) is 2.62. The van der Waals surface area contributed by atoms with Crippen LogP contribution >= 0.6 is 0 Å². The van der Waals surface area contributed by atoms with E-state index in [1.54, 1.807) is 0 Å². The van der Waals surface area contributed by atoms with Crippen LogP contribution < -0.4 is 20.1 Å². The predicted octanol–water partition coefficient (Wildman–Crippen LogP) is 2.11. The highest BCUT2D eigenvalue weighted by atomic mass is 16.6. The molecule has 0 saturated carbocycles. The molecule has 2 heterocycles. The Bertz CT molecular complexity index is 444. The maximum absolute atomic E-state index is 5.65. The van der Waals surface area contributed by atoms with Crippen LogP contribution in [0.2, 0.25) is 0 Å². The number of hydrogen-bond donors (Lipinski definition) is 2. The first-order valence-corrected chi connectivity index (χ1v) is 7.66. The van der Waals surface area contributed by atoms with Crippen LogP contribution in [-0.4, -0.2) is 32.8 Å². The maximum Gasteiger partial charge on any atom is 0.161 e. The first-order chi connectivity index (χ1) is 9.83. The Labute approximate surface area is 120 Å². The van der Waals surface area contributed by atoms with Crippen LogP contribution in [-0.2, 0) is 0 Å². The number of hydrogen-bond acceptors (Lipinski definition) is 4.